The first-order valence-corrected chi connectivity index (χ1v) is 3.46. The first kappa shape index (κ1) is 7.60. The quantitative estimate of drug-likeness (QED) is 0.478. The van der Waals surface area contributed by atoms with Gasteiger partial charge in [-0.25, -0.2) is 0 Å². The van der Waals surface area contributed by atoms with E-state index in [1.165, 1.54) is 0 Å². The van der Waals surface area contributed by atoms with E-state index in [-0.39, 0.29) is 0 Å². The normalized spacial score (nSPS) is 15.9. The highest BCUT2D eigenvalue weighted by molar-refractivity contribution is 5.45. The summed E-state index contributed by atoms with van der Waals surface area (Å²) >= 11 is 0. The summed E-state index contributed by atoms with van der Waals surface area (Å²) in [5.41, 5.74) is 5.93. The molecule has 0 unspecified atom stereocenters. The van der Waals surface area contributed by atoms with Crippen LogP contribution in [0.1, 0.15) is 13.8 Å². The first-order chi connectivity index (χ1) is 5.24. The lowest BCUT2D eigenvalue weighted by molar-refractivity contribution is 1.35. The van der Waals surface area contributed by atoms with Crippen LogP contribution in [0.4, 0.5) is 0 Å². The maximum atomic E-state index is 8.60. The standard InChI is InChI=1S/C10H9N/c1-8-4-3-5-10(7-11)6-9(8)2/h3,5-6H,1-2H3. The van der Waals surface area contributed by atoms with Crippen molar-refractivity contribution in [2.24, 2.45) is 0 Å². The van der Waals surface area contributed by atoms with Gasteiger partial charge in [0.2, 0.25) is 0 Å². The van der Waals surface area contributed by atoms with E-state index in [2.05, 4.69) is 11.8 Å². The third-order valence-corrected chi connectivity index (χ3v) is 1.66. The average molecular weight is 143 g/mol. The lowest BCUT2D eigenvalue weighted by Gasteiger charge is -1.93. The molecule has 0 amide bonds. The van der Waals surface area contributed by atoms with Gasteiger partial charge in [0.15, 0.2) is 0 Å². The van der Waals surface area contributed by atoms with Crippen molar-refractivity contribution in [3.8, 4) is 6.07 Å². The molecule has 0 saturated heterocycles. The maximum Gasteiger partial charge on any atom is 0.0991 e. The Morgan fingerprint density at radius 2 is 2.18 bits per heavy atom. The number of rotatable bonds is 0. The number of nitrogens with zero attached hydrogens (tertiary/aromatic N) is 1. The van der Waals surface area contributed by atoms with Gasteiger partial charge in [0.05, 0.1) is 11.6 Å². The van der Waals surface area contributed by atoms with E-state index in [0.29, 0.717) is 5.57 Å². The van der Waals surface area contributed by atoms with E-state index in [9.17, 15) is 0 Å². The van der Waals surface area contributed by atoms with Crippen molar-refractivity contribution in [1.29, 1.82) is 5.26 Å². The van der Waals surface area contributed by atoms with Crippen molar-refractivity contribution >= 4 is 0 Å². The second kappa shape index (κ2) is 3.05. The number of hydrogen-bond donors (Lipinski definition) is 0. The molecule has 0 fully saturated rings. The minimum atomic E-state index is 0.687. The molecule has 11 heavy (non-hydrogen) atoms. The Hall–Kier alpha value is -1.51. The van der Waals surface area contributed by atoms with Gasteiger partial charge in [-0.15, -0.1) is 5.73 Å². The van der Waals surface area contributed by atoms with Crippen molar-refractivity contribution in [3.05, 3.63) is 40.7 Å². The molecule has 0 aliphatic heterocycles. The Labute approximate surface area is 66.7 Å². The van der Waals surface area contributed by atoms with Crippen molar-refractivity contribution in [1.82, 2.24) is 0 Å². The second-order valence-corrected chi connectivity index (χ2v) is 2.50. The van der Waals surface area contributed by atoms with Crippen LogP contribution in [0.5, 0.6) is 0 Å². The summed E-state index contributed by atoms with van der Waals surface area (Å²) in [6.07, 6.45) is 5.41. The maximum absolute atomic E-state index is 8.60. The highest BCUT2D eigenvalue weighted by atomic mass is 14.2. The Bertz CT molecular complexity index is 328. The molecule has 1 heteroatoms. The van der Waals surface area contributed by atoms with Crippen LogP contribution >= 0.6 is 0 Å². The summed E-state index contributed by atoms with van der Waals surface area (Å²) in [7, 11) is 0. The van der Waals surface area contributed by atoms with Crippen molar-refractivity contribution in [2.45, 2.75) is 13.8 Å². The van der Waals surface area contributed by atoms with Gasteiger partial charge in [0.1, 0.15) is 0 Å². The van der Waals surface area contributed by atoms with E-state index in [1.807, 2.05) is 19.9 Å². The molecule has 1 nitrogen and oxygen atoms in total. The van der Waals surface area contributed by atoms with Crippen molar-refractivity contribution in [2.75, 3.05) is 0 Å². The highest BCUT2D eigenvalue weighted by Crippen LogP contribution is 2.12. The molecule has 0 aromatic rings. The molecule has 0 aromatic heterocycles. The fraction of sp³-hybridized carbons (Fsp3) is 0.200. The van der Waals surface area contributed by atoms with E-state index < -0.39 is 0 Å². The van der Waals surface area contributed by atoms with E-state index in [4.69, 9.17) is 5.26 Å². The first-order valence-electron chi connectivity index (χ1n) is 3.46. The molecular formula is C10H9N. The molecule has 1 aliphatic carbocycles. The van der Waals surface area contributed by atoms with Crippen LogP contribution in [0.15, 0.2) is 40.7 Å². The molecule has 0 N–H and O–H groups in total. The zero-order valence-electron chi connectivity index (χ0n) is 6.68. The third-order valence-electron chi connectivity index (χ3n) is 1.66. The van der Waals surface area contributed by atoms with Crippen LogP contribution in [-0.2, 0) is 0 Å². The molecule has 0 heterocycles. The summed E-state index contributed by atoms with van der Waals surface area (Å²) < 4.78 is 0. The Kier molecular flexibility index (Phi) is 2.11. The summed E-state index contributed by atoms with van der Waals surface area (Å²) in [6, 6.07) is 2.10. The van der Waals surface area contributed by atoms with Gasteiger partial charge >= 0.3 is 0 Å². The number of allylic oxidation sites excluding steroid dienone is 5. The molecule has 0 radical (unpaired) electrons. The van der Waals surface area contributed by atoms with Crippen LogP contribution in [0.25, 0.3) is 0 Å². The molecular weight excluding hydrogens is 134 g/mol. The Morgan fingerprint density at radius 3 is 2.82 bits per heavy atom. The van der Waals surface area contributed by atoms with Gasteiger partial charge in [0.25, 0.3) is 0 Å². The molecule has 1 rings (SSSR count). The average Bonchev–Trinajstić information content (AvgIpc) is 2.15. The van der Waals surface area contributed by atoms with E-state index in [1.54, 1.807) is 12.2 Å². The van der Waals surface area contributed by atoms with E-state index in [0.717, 1.165) is 11.1 Å². The monoisotopic (exact) mass is 143 g/mol. The fourth-order valence-corrected chi connectivity index (χ4v) is 0.829. The zero-order valence-corrected chi connectivity index (χ0v) is 6.68. The lowest BCUT2D eigenvalue weighted by atomic mass is 10.1. The van der Waals surface area contributed by atoms with Gasteiger partial charge in [0, 0.05) is 0 Å². The largest absolute Gasteiger partial charge is 0.192 e. The van der Waals surface area contributed by atoms with Crippen LogP contribution in [0, 0.1) is 11.3 Å². The van der Waals surface area contributed by atoms with Gasteiger partial charge in [-0.2, -0.15) is 5.26 Å². The summed E-state index contributed by atoms with van der Waals surface area (Å²) in [4.78, 5) is 0. The molecule has 54 valence electrons. The zero-order chi connectivity index (χ0) is 8.27. The summed E-state index contributed by atoms with van der Waals surface area (Å²) in [5, 5.41) is 8.60. The van der Waals surface area contributed by atoms with Gasteiger partial charge in [-0.05, 0) is 43.2 Å². The molecule has 0 atom stereocenters. The Balaban J connectivity index is 3.14. The minimum Gasteiger partial charge on any atom is -0.192 e. The predicted molar refractivity (Wildman–Crippen MR) is 44.7 cm³/mol. The van der Waals surface area contributed by atoms with E-state index >= 15 is 0 Å². The second-order valence-electron chi connectivity index (χ2n) is 2.50. The van der Waals surface area contributed by atoms with Crippen LogP contribution in [0.2, 0.25) is 0 Å². The van der Waals surface area contributed by atoms with Crippen LogP contribution in [-0.4, -0.2) is 0 Å². The van der Waals surface area contributed by atoms with Gasteiger partial charge < -0.3 is 0 Å². The number of nitriles is 1. The van der Waals surface area contributed by atoms with Crippen LogP contribution in [0.3, 0.4) is 0 Å². The summed E-state index contributed by atoms with van der Waals surface area (Å²) in [6.45, 7) is 3.96. The molecule has 0 spiro atoms. The van der Waals surface area contributed by atoms with Crippen molar-refractivity contribution in [3.63, 3.8) is 0 Å². The predicted octanol–water partition coefficient (Wildman–Crippen LogP) is 2.50. The topological polar surface area (TPSA) is 23.8 Å². The summed E-state index contributed by atoms with van der Waals surface area (Å²) in [5.74, 6) is 0. The fourth-order valence-electron chi connectivity index (χ4n) is 0.829. The van der Waals surface area contributed by atoms with Gasteiger partial charge in [-0.3, -0.25) is 0 Å². The highest BCUT2D eigenvalue weighted by Gasteiger charge is 1.96. The molecule has 0 aromatic carbocycles. The number of hydrogen-bond acceptors (Lipinski definition) is 1. The third kappa shape index (κ3) is 1.70. The van der Waals surface area contributed by atoms with Crippen LogP contribution < -0.4 is 0 Å². The lowest BCUT2D eigenvalue weighted by Crippen LogP contribution is -1.77. The molecule has 1 aliphatic rings. The van der Waals surface area contributed by atoms with Gasteiger partial charge in [-0.1, -0.05) is 0 Å². The minimum absolute atomic E-state index is 0.687. The molecule has 0 saturated carbocycles. The Morgan fingerprint density at radius 1 is 1.45 bits per heavy atom. The molecule has 0 bridgehead atoms. The van der Waals surface area contributed by atoms with Crippen molar-refractivity contribution < 1.29 is 0 Å². The smallest absolute Gasteiger partial charge is 0.0991 e. The SMILES string of the molecule is CC1=C=CC=C(C#N)C=C1C.